The smallest absolute Gasteiger partial charge is 0.306 e. The van der Waals surface area contributed by atoms with Crippen LogP contribution in [0.3, 0.4) is 0 Å². The second kappa shape index (κ2) is 14.2. The highest BCUT2D eigenvalue weighted by molar-refractivity contribution is 7.98. The molecule has 1 unspecified atom stereocenters. The van der Waals surface area contributed by atoms with Crippen molar-refractivity contribution in [2.45, 2.75) is 52.7 Å². The van der Waals surface area contributed by atoms with Gasteiger partial charge in [-0.2, -0.15) is 11.8 Å². The van der Waals surface area contributed by atoms with E-state index in [1.165, 1.54) is 0 Å². The minimum atomic E-state index is -0.550. The molecular weight excluding hydrogens is 400 g/mol. The summed E-state index contributed by atoms with van der Waals surface area (Å²) in [6.07, 6.45) is 2.84. The van der Waals surface area contributed by atoms with Gasteiger partial charge < -0.3 is 15.8 Å². The summed E-state index contributed by atoms with van der Waals surface area (Å²) >= 11 is 1.66. The quantitative estimate of drug-likeness (QED) is 0.343. The van der Waals surface area contributed by atoms with Crippen molar-refractivity contribution >= 4 is 29.4 Å². The van der Waals surface area contributed by atoms with Crippen molar-refractivity contribution in [3.8, 4) is 0 Å². The number of hydrogen-bond donors (Lipinski definition) is 2. The summed E-state index contributed by atoms with van der Waals surface area (Å²) in [4.78, 5) is 36.9. The first-order chi connectivity index (χ1) is 14.3. The van der Waals surface area contributed by atoms with Crippen LogP contribution in [0.5, 0.6) is 0 Å². The minimum absolute atomic E-state index is 0.0212. The van der Waals surface area contributed by atoms with Crippen molar-refractivity contribution in [2.24, 2.45) is 23.5 Å². The number of thioether (sulfide) groups is 1. The SMILES string of the molecule is CSCC(C)[C@H](N)C(=O)C[C@H](C(=O)NCCCC(=O)OCc1ccccc1)C(C)C. The van der Waals surface area contributed by atoms with Gasteiger partial charge >= 0.3 is 5.97 Å². The second-order valence-electron chi connectivity index (χ2n) is 8.02. The van der Waals surface area contributed by atoms with E-state index in [1.807, 2.05) is 57.4 Å². The summed E-state index contributed by atoms with van der Waals surface area (Å²) in [6.45, 7) is 6.43. The number of benzene rings is 1. The maximum Gasteiger partial charge on any atom is 0.306 e. The second-order valence-corrected chi connectivity index (χ2v) is 8.93. The maximum absolute atomic E-state index is 12.6. The van der Waals surface area contributed by atoms with E-state index in [2.05, 4.69) is 5.32 Å². The number of carbonyl (C=O) groups is 3. The lowest BCUT2D eigenvalue weighted by Gasteiger charge is -2.23. The molecule has 1 aromatic carbocycles. The number of amides is 1. The number of esters is 1. The molecule has 0 aliphatic carbocycles. The molecule has 0 radical (unpaired) electrons. The van der Waals surface area contributed by atoms with Crippen LogP contribution in [-0.4, -0.2) is 42.3 Å². The Labute approximate surface area is 184 Å². The van der Waals surface area contributed by atoms with E-state index in [4.69, 9.17) is 10.5 Å². The number of ether oxygens (including phenoxy) is 1. The summed E-state index contributed by atoms with van der Waals surface area (Å²) < 4.78 is 5.23. The average molecular weight is 437 g/mol. The van der Waals surface area contributed by atoms with Gasteiger partial charge in [0.15, 0.2) is 5.78 Å². The lowest BCUT2D eigenvalue weighted by atomic mass is 9.86. The van der Waals surface area contributed by atoms with Gasteiger partial charge in [0.25, 0.3) is 0 Å². The molecule has 3 N–H and O–H groups in total. The Morgan fingerprint density at radius 1 is 1.13 bits per heavy atom. The molecule has 0 aromatic heterocycles. The molecule has 3 atom stereocenters. The summed E-state index contributed by atoms with van der Waals surface area (Å²) in [5.41, 5.74) is 7.01. The average Bonchev–Trinajstić information content (AvgIpc) is 2.73. The molecule has 0 saturated heterocycles. The molecule has 1 amide bonds. The van der Waals surface area contributed by atoms with Crippen LogP contribution in [0.25, 0.3) is 0 Å². The molecule has 6 nitrogen and oxygen atoms in total. The van der Waals surface area contributed by atoms with Gasteiger partial charge in [-0.15, -0.1) is 0 Å². The van der Waals surface area contributed by atoms with Gasteiger partial charge in [0.2, 0.25) is 5.91 Å². The lowest BCUT2D eigenvalue weighted by Crippen LogP contribution is -2.42. The van der Waals surface area contributed by atoms with E-state index in [-0.39, 0.29) is 48.9 Å². The van der Waals surface area contributed by atoms with Crippen LogP contribution >= 0.6 is 11.8 Å². The molecule has 0 bridgehead atoms. The van der Waals surface area contributed by atoms with Crippen molar-refractivity contribution in [1.82, 2.24) is 5.32 Å². The fourth-order valence-electron chi connectivity index (χ4n) is 3.05. The number of rotatable bonds is 14. The van der Waals surface area contributed by atoms with Gasteiger partial charge in [-0.25, -0.2) is 0 Å². The molecule has 1 rings (SSSR count). The summed E-state index contributed by atoms with van der Waals surface area (Å²) in [5, 5.41) is 2.85. The predicted molar refractivity (Wildman–Crippen MR) is 122 cm³/mol. The predicted octanol–water partition coefficient (Wildman–Crippen LogP) is 3.18. The van der Waals surface area contributed by atoms with Gasteiger partial charge in [-0.1, -0.05) is 51.1 Å². The zero-order valence-corrected chi connectivity index (χ0v) is 19.4. The van der Waals surface area contributed by atoms with Crippen LogP contribution < -0.4 is 11.1 Å². The van der Waals surface area contributed by atoms with Crippen LogP contribution in [0.15, 0.2) is 30.3 Å². The summed E-state index contributed by atoms with van der Waals surface area (Å²) in [7, 11) is 0. The Hall–Kier alpha value is -1.86. The van der Waals surface area contributed by atoms with Crippen LogP contribution in [0, 0.1) is 17.8 Å². The number of hydrogen-bond acceptors (Lipinski definition) is 6. The standard InChI is InChI=1S/C23H36N2O4S/c1-16(2)19(13-20(26)22(24)17(3)15-30-4)23(28)25-12-8-11-21(27)29-14-18-9-6-5-7-10-18/h5-7,9-10,16-17,19,22H,8,11-15,24H2,1-4H3,(H,25,28)/t17?,19-,22-/m0/s1. The van der Waals surface area contributed by atoms with Crippen molar-refractivity contribution in [1.29, 1.82) is 0 Å². The fourth-order valence-corrected chi connectivity index (χ4v) is 3.79. The number of Topliss-reactive ketones (excluding diaryl/α,β-unsaturated/α-hetero) is 1. The monoisotopic (exact) mass is 436 g/mol. The minimum Gasteiger partial charge on any atom is -0.461 e. The highest BCUT2D eigenvalue weighted by Crippen LogP contribution is 2.19. The Bertz CT molecular complexity index is 666. The Morgan fingerprint density at radius 2 is 1.80 bits per heavy atom. The Balaban J connectivity index is 2.37. The third-order valence-corrected chi connectivity index (χ3v) is 5.94. The lowest BCUT2D eigenvalue weighted by molar-refractivity contribution is -0.145. The molecule has 0 aliphatic heterocycles. The number of nitrogens with two attached hydrogens (primary N) is 1. The van der Waals surface area contributed by atoms with E-state index in [9.17, 15) is 14.4 Å². The van der Waals surface area contributed by atoms with Crippen LogP contribution in [0.1, 0.15) is 45.6 Å². The van der Waals surface area contributed by atoms with Crippen molar-refractivity contribution < 1.29 is 19.1 Å². The topological polar surface area (TPSA) is 98.5 Å². The van der Waals surface area contributed by atoms with E-state index in [0.29, 0.717) is 13.0 Å². The zero-order valence-electron chi connectivity index (χ0n) is 18.6. The number of carbonyl (C=O) groups excluding carboxylic acids is 3. The first-order valence-corrected chi connectivity index (χ1v) is 11.9. The first kappa shape index (κ1) is 26.2. The van der Waals surface area contributed by atoms with Crippen LogP contribution in [0.2, 0.25) is 0 Å². The third kappa shape index (κ3) is 9.76. The third-order valence-electron chi connectivity index (χ3n) is 5.08. The molecule has 1 aromatic rings. The molecule has 0 saturated carbocycles. The van der Waals surface area contributed by atoms with E-state index >= 15 is 0 Å². The molecule has 168 valence electrons. The van der Waals surface area contributed by atoms with Crippen molar-refractivity contribution in [3.63, 3.8) is 0 Å². The van der Waals surface area contributed by atoms with Crippen molar-refractivity contribution in [3.05, 3.63) is 35.9 Å². The fraction of sp³-hybridized carbons (Fsp3) is 0.609. The molecule has 0 aliphatic rings. The number of nitrogens with one attached hydrogen (secondary N) is 1. The molecule has 7 heteroatoms. The normalized spacial score (nSPS) is 14.1. The molecule has 30 heavy (non-hydrogen) atoms. The first-order valence-electron chi connectivity index (χ1n) is 10.5. The van der Waals surface area contributed by atoms with E-state index < -0.39 is 12.0 Å². The Morgan fingerprint density at radius 3 is 2.40 bits per heavy atom. The Kier molecular flexibility index (Phi) is 12.4. The van der Waals surface area contributed by atoms with Gasteiger partial charge in [0, 0.05) is 25.3 Å². The highest BCUT2D eigenvalue weighted by atomic mass is 32.2. The van der Waals surface area contributed by atoms with Crippen molar-refractivity contribution in [2.75, 3.05) is 18.6 Å². The van der Waals surface area contributed by atoms with Crippen LogP contribution in [0.4, 0.5) is 0 Å². The van der Waals surface area contributed by atoms with Gasteiger partial charge in [-0.3, -0.25) is 14.4 Å². The van der Waals surface area contributed by atoms with Gasteiger partial charge in [-0.05, 0) is 35.8 Å². The molecular formula is C23H36N2O4S. The number of ketones is 1. The van der Waals surface area contributed by atoms with Crippen LogP contribution in [-0.2, 0) is 25.7 Å². The largest absolute Gasteiger partial charge is 0.461 e. The summed E-state index contributed by atoms with van der Waals surface area (Å²) in [6, 6.07) is 8.94. The summed E-state index contributed by atoms with van der Waals surface area (Å²) in [5.74, 6) is -0.0486. The molecule has 0 heterocycles. The van der Waals surface area contributed by atoms with E-state index in [0.717, 1.165) is 11.3 Å². The van der Waals surface area contributed by atoms with Gasteiger partial charge in [0.05, 0.1) is 6.04 Å². The molecule has 0 spiro atoms. The molecule has 0 fully saturated rings. The highest BCUT2D eigenvalue weighted by Gasteiger charge is 2.29. The maximum atomic E-state index is 12.6. The van der Waals surface area contributed by atoms with E-state index in [1.54, 1.807) is 11.8 Å². The van der Waals surface area contributed by atoms with Gasteiger partial charge in [0.1, 0.15) is 6.61 Å². The zero-order chi connectivity index (χ0) is 22.5.